The number of hydrogen-bond donors (Lipinski definition) is 7. The topological polar surface area (TPSA) is 244 Å². The molecule has 0 aromatic heterocycles. The van der Waals surface area contributed by atoms with Gasteiger partial charge in [0.25, 0.3) is 10.1 Å². The Kier molecular flexibility index (Phi) is 14.8. The molecule has 1 radical (unpaired) electrons. The van der Waals surface area contributed by atoms with Gasteiger partial charge in [0.05, 0.1) is 40.4 Å². The van der Waals surface area contributed by atoms with Crippen molar-refractivity contribution in [1.82, 2.24) is 0 Å². The molecule has 0 bridgehead atoms. The van der Waals surface area contributed by atoms with E-state index in [1.54, 1.807) is 0 Å². The number of hydrogen-bond acceptors (Lipinski definition) is 8. The van der Waals surface area contributed by atoms with Crippen molar-refractivity contribution >= 4 is 63.6 Å². The number of aromatic carboxylic acids is 4. The zero-order valence-electron chi connectivity index (χ0n) is 16.9. The average Bonchev–Trinajstić information content (AvgIpc) is 2.73. The minimum atomic E-state index is -4.64. The summed E-state index contributed by atoms with van der Waals surface area (Å²) in [4.78, 5) is 41.1. The quantitative estimate of drug-likeness (QED) is 0.205. The Balaban J connectivity index is 0. The fourth-order valence-electron chi connectivity index (χ4n) is 1.75. The van der Waals surface area contributed by atoms with Crippen LogP contribution in [0.5, 0.6) is 0 Å². The zero-order valence-corrected chi connectivity index (χ0v) is 19.8. The number of carboxylic acids is 4. The van der Waals surface area contributed by atoms with Gasteiger partial charge in [-0.2, -0.15) is 8.42 Å². The van der Waals surface area contributed by atoms with Crippen LogP contribution in [-0.2, 0) is 10.1 Å². The first-order chi connectivity index (χ1) is 14.7. The van der Waals surface area contributed by atoms with Gasteiger partial charge in [0.15, 0.2) is 0 Å². The SMILES string of the molecule is O=C(O)c1cc(C(=O)O)cc(S(=O)(=O)O)c1.O=C(O)c1ccc(C(=O)O)cc1.OCCO.[Na]. The van der Waals surface area contributed by atoms with E-state index in [-0.39, 0.29) is 53.9 Å². The van der Waals surface area contributed by atoms with Crippen LogP contribution in [0.25, 0.3) is 0 Å². The van der Waals surface area contributed by atoms with E-state index in [4.69, 9.17) is 35.2 Å². The molecule has 2 rings (SSSR count). The molecule has 0 saturated carbocycles. The van der Waals surface area contributed by atoms with Crippen molar-refractivity contribution in [2.45, 2.75) is 4.90 Å². The van der Waals surface area contributed by atoms with Crippen LogP contribution in [0.15, 0.2) is 47.4 Å². The first-order valence-corrected chi connectivity index (χ1v) is 9.56. The summed E-state index contributed by atoms with van der Waals surface area (Å²) >= 11 is 0. The fourth-order valence-corrected chi connectivity index (χ4v) is 2.30. The minimum Gasteiger partial charge on any atom is -0.478 e. The van der Waals surface area contributed by atoms with Gasteiger partial charge in [0.1, 0.15) is 0 Å². The molecule has 175 valence electrons. The minimum absolute atomic E-state index is 0. The molecule has 0 aliphatic heterocycles. The Morgan fingerprint density at radius 2 is 0.879 bits per heavy atom. The smallest absolute Gasteiger partial charge is 0.335 e. The third-order valence-corrected chi connectivity index (χ3v) is 4.01. The van der Waals surface area contributed by atoms with Gasteiger partial charge in [0.2, 0.25) is 0 Å². The molecule has 0 aliphatic carbocycles. The van der Waals surface area contributed by atoms with E-state index in [1.807, 2.05) is 0 Å². The number of carbonyl (C=O) groups is 4. The molecule has 13 nitrogen and oxygen atoms in total. The van der Waals surface area contributed by atoms with Gasteiger partial charge >= 0.3 is 23.9 Å². The summed E-state index contributed by atoms with van der Waals surface area (Å²) in [6.07, 6.45) is 0. The Labute approximate surface area is 208 Å². The molecule has 2 aromatic carbocycles. The van der Waals surface area contributed by atoms with Crippen LogP contribution in [0, 0.1) is 0 Å². The van der Waals surface area contributed by atoms with Crippen molar-refractivity contribution in [3.8, 4) is 0 Å². The predicted octanol–water partition coefficient (Wildman–Crippen LogP) is 0.00290. The Bertz CT molecular complexity index is 1010. The van der Waals surface area contributed by atoms with Gasteiger partial charge in [-0.3, -0.25) is 4.55 Å². The van der Waals surface area contributed by atoms with Gasteiger partial charge in [-0.1, -0.05) is 0 Å². The summed E-state index contributed by atoms with van der Waals surface area (Å²) in [5.41, 5.74) is -0.903. The number of benzene rings is 2. The summed E-state index contributed by atoms with van der Waals surface area (Å²) in [6, 6.07) is 7.16. The number of aliphatic hydroxyl groups is 2. The zero-order chi connectivity index (χ0) is 25.1. The van der Waals surface area contributed by atoms with Crippen LogP contribution in [0.2, 0.25) is 0 Å². The standard InChI is InChI=1S/C8H6O7S.C8H6O4.C2H6O2.Na/c9-7(10)4-1-5(8(11)12)3-6(2-4)16(13,14)15;9-7(10)5-1-2-6(4-3-5)8(11)12;3-1-2-4;/h1-3H,(H,9,10)(H,11,12)(H,13,14,15);1-4H,(H,9,10)(H,11,12);3-4H,1-2H2;. The second-order valence-corrected chi connectivity index (χ2v) is 6.89. The van der Waals surface area contributed by atoms with Crippen molar-refractivity contribution in [3.63, 3.8) is 0 Å². The Morgan fingerprint density at radius 1 is 0.606 bits per heavy atom. The number of aliphatic hydroxyl groups excluding tert-OH is 2. The summed E-state index contributed by atoms with van der Waals surface area (Å²) in [7, 11) is -4.64. The fraction of sp³-hybridized carbons (Fsp3) is 0.111. The van der Waals surface area contributed by atoms with E-state index < -0.39 is 50.0 Å². The second-order valence-electron chi connectivity index (χ2n) is 5.47. The molecule has 7 N–H and O–H groups in total. The second kappa shape index (κ2) is 15.1. The first-order valence-electron chi connectivity index (χ1n) is 8.12. The molecule has 33 heavy (non-hydrogen) atoms. The molecule has 0 amide bonds. The van der Waals surface area contributed by atoms with E-state index in [0.29, 0.717) is 12.1 Å². The van der Waals surface area contributed by atoms with Crippen LogP contribution in [0.4, 0.5) is 0 Å². The molecule has 15 heteroatoms. The number of carboxylic acid groups (broad SMARTS) is 4. The molecular weight excluding hydrogens is 479 g/mol. The monoisotopic (exact) mass is 497 g/mol. The van der Waals surface area contributed by atoms with E-state index in [1.165, 1.54) is 24.3 Å². The molecule has 0 spiro atoms. The van der Waals surface area contributed by atoms with E-state index in [0.717, 1.165) is 6.07 Å². The predicted molar refractivity (Wildman–Crippen MR) is 110 cm³/mol. The van der Waals surface area contributed by atoms with Crippen LogP contribution in [0.1, 0.15) is 41.4 Å². The van der Waals surface area contributed by atoms with Crippen LogP contribution >= 0.6 is 0 Å². The maximum Gasteiger partial charge on any atom is 0.335 e. The molecule has 0 saturated heterocycles. The summed E-state index contributed by atoms with van der Waals surface area (Å²) < 4.78 is 30.2. The van der Waals surface area contributed by atoms with Gasteiger partial charge < -0.3 is 30.6 Å². The van der Waals surface area contributed by atoms with E-state index >= 15 is 0 Å². The van der Waals surface area contributed by atoms with E-state index in [2.05, 4.69) is 0 Å². The third-order valence-electron chi connectivity index (χ3n) is 3.18. The molecule has 0 heterocycles. The van der Waals surface area contributed by atoms with Gasteiger partial charge in [-0.25, -0.2) is 19.2 Å². The van der Waals surface area contributed by atoms with Gasteiger partial charge in [-0.05, 0) is 42.5 Å². The molecule has 2 aromatic rings. The number of rotatable bonds is 6. The van der Waals surface area contributed by atoms with Crippen LogP contribution in [-0.4, -0.2) is 110 Å². The Morgan fingerprint density at radius 3 is 1.06 bits per heavy atom. The molecular formula is C18H18NaO13S. The van der Waals surface area contributed by atoms with Gasteiger partial charge in [0, 0.05) is 29.6 Å². The van der Waals surface area contributed by atoms with Crippen molar-refractivity contribution in [2.24, 2.45) is 0 Å². The summed E-state index contributed by atoms with van der Waals surface area (Å²) in [5.74, 6) is -5.11. The van der Waals surface area contributed by atoms with E-state index in [9.17, 15) is 27.6 Å². The average molecular weight is 497 g/mol. The van der Waals surface area contributed by atoms with Crippen LogP contribution in [0.3, 0.4) is 0 Å². The molecule has 0 unspecified atom stereocenters. The maximum absolute atomic E-state index is 10.8. The van der Waals surface area contributed by atoms with Crippen molar-refractivity contribution < 1.29 is 62.8 Å². The van der Waals surface area contributed by atoms with Crippen molar-refractivity contribution in [3.05, 3.63) is 64.7 Å². The largest absolute Gasteiger partial charge is 0.478 e. The maximum atomic E-state index is 10.8. The molecule has 0 atom stereocenters. The molecule has 0 aliphatic rings. The normalized spacial score (nSPS) is 9.67. The molecule has 0 fully saturated rings. The Hall–Kier alpha value is -2.85. The van der Waals surface area contributed by atoms with Gasteiger partial charge in [-0.15, -0.1) is 0 Å². The first kappa shape index (κ1) is 32.3. The van der Waals surface area contributed by atoms with Crippen LogP contribution < -0.4 is 0 Å². The summed E-state index contributed by atoms with van der Waals surface area (Å²) in [5, 5.41) is 49.4. The summed E-state index contributed by atoms with van der Waals surface area (Å²) in [6.45, 7) is -0.250. The van der Waals surface area contributed by atoms with Crippen molar-refractivity contribution in [1.29, 1.82) is 0 Å². The third kappa shape index (κ3) is 12.1. The van der Waals surface area contributed by atoms with Crippen molar-refractivity contribution in [2.75, 3.05) is 13.2 Å².